The molecule has 0 saturated heterocycles. The standard InChI is InChI=1S/C16H16N2OS/c1-17-15(16-14(19-2)7-9-20-16)13-5-3-4-11-10-18-8-6-12(11)13/h3-10,15,17H,1-2H3. The number of thiophene rings is 1. The molecule has 0 saturated carbocycles. The highest BCUT2D eigenvalue weighted by molar-refractivity contribution is 7.10. The number of methoxy groups -OCH3 is 1. The lowest BCUT2D eigenvalue weighted by Crippen LogP contribution is -2.17. The number of ether oxygens (including phenoxy) is 1. The lowest BCUT2D eigenvalue weighted by molar-refractivity contribution is 0.409. The Morgan fingerprint density at radius 2 is 2.15 bits per heavy atom. The van der Waals surface area contributed by atoms with Crippen LogP contribution in [0.3, 0.4) is 0 Å². The summed E-state index contributed by atoms with van der Waals surface area (Å²) in [5, 5.41) is 7.83. The first-order valence-corrected chi connectivity index (χ1v) is 7.34. The monoisotopic (exact) mass is 284 g/mol. The van der Waals surface area contributed by atoms with E-state index in [1.54, 1.807) is 18.4 Å². The number of hydrogen-bond donors (Lipinski definition) is 1. The molecule has 0 radical (unpaired) electrons. The van der Waals surface area contributed by atoms with E-state index in [1.165, 1.54) is 15.8 Å². The van der Waals surface area contributed by atoms with Gasteiger partial charge in [0.25, 0.3) is 0 Å². The maximum atomic E-state index is 5.46. The summed E-state index contributed by atoms with van der Waals surface area (Å²) in [5.74, 6) is 0.931. The molecule has 0 amide bonds. The molecule has 0 spiro atoms. The number of rotatable bonds is 4. The van der Waals surface area contributed by atoms with Crippen molar-refractivity contribution in [1.82, 2.24) is 10.3 Å². The van der Waals surface area contributed by atoms with Crippen LogP contribution in [0.4, 0.5) is 0 Å². The van der Waals surface area contributed by atoms with E-state index in [4.69, 9.17) is 4.74 Å². The van der Waals surface area contributed by atoms with Gasteiger partial charge in [-0.25, -0.2) is 0 Å². The zero-order valence-corrected chi connectivity index (χ0v) is 12.3. The molecule has 0 aliphatic carbocycles. The smallest absolute Gasteiger partial charge is 0.134 e. The molecule has 1 atom stereocenters. The Morgan fingerprint density at radius 1 is 1.25 bits per heavy atom. The average molecular weight is 284 g/mol. The van der Waals surface area contributed by atoms with Gasteiger partial charge in [0, 0.05) is 17.8 Å². The molecule has 3 aromatic rings. The van der Waals surface area contributed by atoms with Crippen LogP contribution in [0.1, 0.15) is 16.5 Å². The molecule has 20 heavy (non-hydrogen) atoms. The Bertz CT molecular complexity index is 718. The highest BCUT2D eigenvalue weighted by atomic mass is 32.1. The van der Waals surface area contributed by atoms with E-state index < -0.39 is 0 Å². The molecule has 0 aliphatic heterocycles. The van der Waals surface area contributed by atoms with Gasteiger partial charge in [0.15, 0.2) is 0 Å². The molecule has 0 aliphatic rings. The highest BCUT2D eigenvalue weighted by Gasteiger charge is 2.19. The van der Waals surface area contributed by atoms with Gasteiger partial charge in [-0.3, -0.25) is 4.98 Å². The topological polar surface area (TPSA) is 34.1 Å². The minimum absolute atomic E-state index is 0.121. The lowest BCUT2D eigenvalue weighted by Gasteiger charge is -2.18. The molecule has 1 aromatic carbocycles. The van der Waals surface area contributed by atoms with Crippen molar-refractivity contribution in [3.8, 4) is 5.75 Å². The maximum absolute atomic E-state index is 5.46. The molecule has 3 nitrogen and oxygen atoms in total. The predicted octanol–water partition coefficient (Wildman–Crippen LogP) is 3.61. The van der Waals surface area contributed by atoms with E-state index in [9.17, 15) is 0 Å². The SMILES string of the molecule is CNC(c1sccc1OC)c1cccc2cnccc12. The molecular weight excluding hydrogens is 268 g/mol. The molecular formula is C16H16N2OS. The molecule has 2 aromatic heterocycles. The number of nitrogens with one attached hydrogen (secondary N) is 1. The van der Waals surface area contributed by atoms with E-state index >= 15 is 0 Å². The summed E-state index contributed by atoms with van der Waals surface area (Å²) in [5.41, 5.74) is 1.24. The summed E-state index contributed by atoms with van der Waals surface area (Å²) in [6.07, 6.45) is 3.74. The largest absolute Gasteiger partial charge is 0.496 e. The third-order valence-electron chi connectivity index (χ3n) is 3.45. The number of hydrogen-bond acceptors (Lipinski definition) is 4. The van der Waals surface area contributed by atoms with E-state index in [0.29, 0.717) is 0 Å². The van der Waals surface area contributed by atoms with Crippen LogP contribution in [0.5, 0.6) is 5.75 Å². The van der Waals surface area contributed by atoms with E-state index in [0.717, 1.165) is 11.1 Å². The van der Waals surface area contributed by atoms with Crippen LogP contribution in [-0.2, 0) is 0 Å². The van der Waals surface area contributed by atoms with Crippen LogP contribution in [0.25, 0.3) is 10.8 Å². The van der Waals surface area contributed by atoms with Gasteiger partial charge in [-0.1, -0.05) is 18.2 Å². The Hall–Kier alpha value is -1.91. The maximum Gasteiger partial charge on any atom is 0.134 e. The second kappa shape index (κ2) is 5.61. The highest BCUT2D eigenvalue weighted by Crippen LogP contribution is 2.36. The van der Waals surface area contributed by atoms with Gasteiger partial charge in [0.1, 0.15) is 5.75 Å². The fraction of sp³-hybridized carbons (Fsp3) is 0.188. The molecule has 0 bridgehead atoms. The van der Waals surface area contributed by atoms with Crippen molar-refractivity contribution in [2.75, 3.05) is 14.2 Å². The Balaban J connectivity index is 2.17. The molecule has 1 unspecified atom stereocenters. The summed E-state index contributed by atoms with van der Waals surface area (Å²) in [6, 6.07) is 10.5. The quantitative estimate of drug-likeness (QED) is 0.794. The molecule has 0 fully saturated rings. The number of nitrogens with zero attached hydrogens (tertiary/aromatic N) is 1. The van der Waals surface area contributed by atoms with E-state index in [-0.39, 0.29) is 6.04 Å². The average Bonchev–Trinajstić information content (AvgIpc) is 2.97. The van der Waals surface area contributed by atoms with Crippen LogP contribution in [0, 0.1) is 0 Å². The van der Waals surface area contributed by atoms with E-state index in [2.05, 4.69) is 39.9 Å². The van der Waals surface area contributed by atoms with Gasteiger partial charge in [-0.05, 0) is 35.5 Å². The van der Waals surface area contributed by atoms with Crippen molar-refractivity contribution in [2.45, 2.75) is 6.04 Å². The third-order valence-corrected chi connectivity index (χ3v) is 4.42. The van der Waals surface area contributed by atoms with Gasteiger partial charge in [-0.15, -0.1) is 11.3 Å². The number of fused-ring (bicyclic) bond motifs is 1. The zero-order chi connectivity index (χ0) is 13.9. The van der Waals surface area contributed by atoms with Crippen LogP contribution in [-0.4, -0.2) is 19.1 Å². The predicted molar refractivity (Wildman–Crippen MR) is 83.5 cm³/mol. The van der Waals surface area contributed by atoms with Gasteiger partial charge in [0.2, 0.25) is 0 Å². The van der Waals surface area contributed by atoms with Crippen LogP contribution in [0.15, 0.2) is 48.1 Å². The first-order chi connectivity index (χ1) is 9.85. The van der Waals surface area contributed by atoms with Gasteiger partial charge < -0.3 is 10.1 Å². The van der Waals surface area contributed by atoms with Crippen molar-refractivity contribution in [3.63, 3.8) is 0 Å². The van der Waals surface area contributed by atoms with Crippen LogP contribution in [0.2, 0.25) is 0 Å². The second-order valence-corrected chi connectivity index (χ2v) is 5.47. The third kappa shape index (κ3) is 2.17. The normalized spacial score (nSPS) is 12.5. The summed E-state index contributed by atoms with van der Waals surface area (Å²) in [6.45, 7) is 0. The van der Waals surface area contributed by atoms with Crippen molar-refractivity contribution in [1.29, 1.82) is 0 Å². The fourth-order valence-electron chi connectivity index (χ4n) is 2.52. The molecule has 2 heterocycles. The number of pyridine rings is 1. The number of aromatic nitrogens is 1. The fourth-order valence-corrected chi connectivity index (χ4v) is 3.50. The first kappa shape index (κ1) is 13.1. The minimum atomic E-state index is 0.121. The zero-order valence-electron chi connectivity index (χ0n) is 11.5. The van der Waals surface area contributed by atoms with Gasteiger partial charge >= 0.3 is 0 Å². The minimum Gasteiger partial charge on any atom is -0.496 e. The Kier molecular flexibility index (Phi) is 3.67. The van der Waals surface area contributed by atoms with E-state index in [1.807, 2.05) is 25.5 Å². The second-order valence-electron chi connectivity index (χ2n) is 4.52. The van der Waals surface area contributed by atoms with Gasteiger partial charge in [-0.2, -0.15) is 0 Å². The Morgan fingerprint density at radius 3 is 2.95 bits per heavy atom. The van der Waals surface area contributed by atoms with Crippen molar-refractivity contribution in [3.05, 3.63) is 58.5 Å². The Labute approximate surface area is 122 Å². The lowest BCUT2D eigenvalue weighted by atomic mass is 9.99. The van der Waals surface area contributed by atoms with Crippen molar-refractivity contribution >= 4 is 22.1 Å². The molecule has 3 rings (SSSR count). The van der Waals surface area contributed by atoms with Crippen LogP contribution < -0.4 is 10.1 Å². The molecule has 1 N–H and O–H groups in total. The number of benzene rings is 1. The summed E-state index contributed by atoms with van der Waals surface area (Å²) in [4.78, 5) is 5.39. The first-order valence-electron chi connectivity index (χ1n) is 6.46. The summed E-state index contributed by atoms with van der Waals surface area (Å²) >= 11 is 1.71. The summed E-state index contributed by atoms with van der Waals surface area (Å²) in [7, 11) is 3.69. The molecule has 102 valence electrons. The summed E-state index contributed by atoms with van der Waals surface area (Å²) < 4.78 is 5.46. The van der Waals surface area contributed by atoms with Crippen molar-refractivity contribution < 1.29 is 4.74 Å². The molecule has 4 heteroatoms. The van der Waals surface area contributed by atoms with Gasteiger partial charge in [0.05, 0.1) is 18.0 Å². The van der Waals surface area contributed by atoms with Crippen molar-refractivity contribution in [2.24, 2.45) is 0 Å². The van der Waals surface area contributed by atoms with Crippen LogP contribution >= 0.6 is 11.3 Å².